The minimum Gasteiger partial charge on any atom is -0.326 e. The van der Waals surface area contributed by atoms with Crippen molar-refractivity contribution in [2.24, 2.45) is 10.3 Å². The maximum Gasteiger partial charge on any atom is 0.269 e. The van der Waals surface area contributed by atoms with Gasteiger partial charge in [-0.1, -0.05) is 5.22 Å². The zero-order valence-corrected chi connectivity index (χ0v) is 11.7. The van der Waals surface area contributed by atoms with Crippen molar-refractivity contribution in [2.45, 2.75) is 6.92 Å². The lowest BCUT2D eigenvalue weighted by molar-refractivity contribution is -0.384. The van der Waals surface area contributed by atoms with Crippen molar-refractivity contribution >= 4 is 28.7 Å². The molecule has 1 amide bonds. The second kappa shape index (κ2) is 6.93. The van der Waals surface area contributed by atoms with Crippen LogP contribution in [0.2, 0.25) is 0 Å². The zero-order chi connectivity index (χ0) is 15.9. The summed E-state index contributed by atoms with van der Waals surface area (Å²) in [4.78, 5) is 20.9. The Hall–Kier alpha value is -3.29. The van der Waals surface area contributed by atoms with Crippen LogP contribution < -0.4 is 10.7 Å². The van der Waals surface area contributed by atoms with Gasteiger partial charge in [-0.25, -0.2) is 0 Å². The average Bonchev–Trinajstić information content (AvgIpc) is 2.49. The number of anilines is 2. The highest BCUT2D eigenvalue weighted by molar-refractivity contribution is 5.88. The zero-order valence-electron chi connectivity index (χ0n) is 11.7. The van der Waals surface area contributed by atoms with Gasteiger partial charge in [0.15, 0.2) is 0 Å². The molecule has 0 radical (unpaired) electrons. The largest absolute Gasteiger partial charge is 0.326 e. The molecule has 2 N–H and O–H groups in total. The van der Waals surface area contributed by atoms with E-state index in [9.17, 15) is 14.9 Å². The van der Waals surface area contributed by atoms with E-state index in [2.05, 4.69) is 21.1 Å². The number of nitro benzene ring substituents is 1. The van der Waals surface area contributed by atoms with Crippen LogP contribution in [0.1, 0.15) is 6.92 Å². The highest BCUT2D eigenvalue weighted by Gasteiger charge is 2.02. The number of amides is 1. The minimum absolute atomic E-state index is 0.000435. The van der Waals surface area contributed by atoms with Crippen molar-refractivity contribution < 1.29 is 9.72 Å². The molecule has 0 aliphatic carbocycles. The summed E-state index contributed by atoms with van der Waals surface area (Å²) in [5, 5.41) is 20.9. The van der Waals surface area contributed by atoms with Gasteiger partial charge < -0.3 is 5.32 Å². The third-order valence-electron chi connectivity index (χ3n) is 2.61. The first-order valence-electron chi connectivity index (χ1n) is 6.33. The van der Waals surface area contributed by atoms with Gasteiger partial charge in [-0.2, -0.15) is 0 Å². The Morgan fingerprint density at radius 1 is 1.05 bits per heavy atom. The summed E-state index contributed by atoms with van der Waals surface area (Å²) in [5.41, 5.74) is 4.60. The second-order valence-corrected chi connectivity index (χ2v) is 4.34. The van der Waals surface area contributed by atoms with Crippen molar-refractivity contribution in [3.63, 3.8) is 0 Å². The maximum absolute atomic E-state index is 10.9. The molecular formula is C14H13N5O3. The van der Waals surface area contributed by atoms with Crippen LogP contribution in [0, 0.1) is 10.1 Å². The summed E-state index contributed by atoms with van der Waals surface area (Å²) in [6.07, 6.45) is 0. The SMILES string of the molecule is CC(=O)Nc1ccc(NN=Nc2ccc([N+](=O)[O-])cc2)cc1. The topological polar surface area (TPSA) is 109 Å². The second-order valence-electron chi connectivity index (χ2n) is 4.34. The number of benzene rings is 2. The summed E-state index contributed by atoms with van der Waals surface area (Å²) >= 11 is 0. The highest BCUT2D eigenvalue weighted by atomic mass is 16.6. The summed E-state index contributed by atoms with van der Waals surface area (Å²) < 4.78 is 0. The van der Waals surface area contributed by atoms with E-state index in [1.54, 1.807) is 24.3 Å². The number of nitrogens with one attached hydrogen (secondary N) is 2. The first kappa shape index (κ1) is 15.1. The monoisotopic (exact) mass is 299 g/mol. The van der Waals surface area contributed by atoms with Gasteiger partial charge in [-0.3, -0.25) is 20.3 Å². The fraction of sp³-hybridized carbons (Fsp3) is 0.0714. The van der Waals surface area contributed by atoms with Crippen LogP contribution in [0.3, 0.4) is 0 Å². The van der Waals surface area contributed by atoms with Crippen LogP contribution in [0.15, 0.2) is 58.9 Å². The van der Waals surface area contributed by atoms with Crippen molar-refractivity contribution in [3.05, 3.63) is 58.6 Å². The van der Waals surface area contributed by atoms with E-state index in [0.717, 1.165) is 0 Å². The molecule has 8 nitrogen and oxygen atoms in total. The average molecular weight is 299 g/mol. The fourth-order valence-corrected chi connectivity index (χ4v) is 1.61. The predicted octanol–water partition coefficient (Wildman–Crippen LogP) is 3.66. The van der Waals surface area contributed by atoms with E-state index in [1.807, 2.05) is 0 Å². The summed E-state index contributed by atoms with van der Waals surface area (Å²) in [6.45, 7) is 1.44. The molecule has 8 heteroatoms. The molecule has 0 aliphatic heterocycles. The van der Waals surface area contributed by atoms with E-state index < -0.39 is 4.92 Å². The predicted molar refractivity (Wildman–Crippen MR) is 82.0 cm³/mol. The van der Waals surface area contributed by atoms with Crippen LogP contribution in [-0.2, 0) is 4.79 Å². The standard InChI is InChI=1S/C14H13N5O3/c1-10(20)15-11-2-4-12(5-3-11)16-18-17-13-6-8-14(9-7-13)19(21)22/h2-9H,1H3,(H,15,20)(H,16,17). The van der Waals surface area contributed by atoms with E-state index in [-0.39, 0.29) is 11.6 Å². The first-order chi connectivity index (χ1) is 10.5. The molecule has 0 unspecified atom stereocenters. The van der Waals surface area contributed by atoms with Crippen molar-refractivity contribution in [1.82, 2.24) is 0 Å². The number of rotatable bonds is 5. The minimum atomic E-state index is -0.476. The lowest BCUT2D eigenvalue weighted by Crippen LogP contribution is -2.05. The van der Waals surface area contributed by atoms with E-state index in [1.165, 1.54) is 31.2 Å². The molecule has 2 aromatic carbocycles. The Bertz CT molecular complexity index is 695. The van der Waals surface area contributed by atoms with Crippen LogP contribution in [0.5, 0.6) is 0 Å². The first-order valence-corrected chi connectivity index (χ1v) is 6.33. The number of carbonyl (C=O) groups is 1. The number of carbonyl (C=O) groups excluding carboxylic acids is 1. The number of nitro groups is 1. The molecule has 112 valence electrons. The van der Waals surface area contributed by atoms with Gasteiger partial charge >= 0.3 is 0 Å². The lowest BCUT2D eigenvalue weighted by atomic mass is 10.3. The molecule has 0 atom stereocenters. The molecular weight excluding hydrogens is 286 g/mol. The van der Waals surface area contributed by atoms with Gasteiger partial charge in [0.1, 0.15) is 0 Å². The van der Waals surface area contributed by atoms with Gasteiger partial charge in [-0.05, 0) is 36.4 Å². The Morgan fingerprint density at radius 2 is 1.64 bits per heavy atom. The Kier molecular flexibility index (Phi) is 4.76. The van der Waals surface area contributed by atoms with Gasteiger partial charge in [0.25, 0.3) is 5.69 Å². The van der Waals surface area contributed by atoms with Crippen LogP contribution in [0.25, 0.3) is 0 Å². The van der Waals surface area contributed by atoms with E-state index >= 15 is 0 Å². The molecule has 0 bridgehead atoms. The van der Waals surface area contributed by atoms with Gasteiger partial charge in [-0.15, -0.1) is 5.11 Å². The molecule has 0 spiro atoms. The van der Waals surface area contributed by atoms with Crippen LogP contribution >= 0.6 is 0 Å². The van der Waals surface area contributed by atoms with Crippen molar-refractivity contribution in [2.75, 3.05) is 10.7 Å². The molecule has 0 aliphatic rings. The maximum atomic E-state index is 10.9. The molecule has 0 saturated heterocycles. The quantitative estimate of drug-likeness (QED) is 0.498. The fourth-order valence-electron chi connectivity index (χ4n) is 1.61. The van der Waals surface area contributed by atoms with Gasteiger partial charge in [0.2, 0.25) is 5.91 Å². The Morgan fingerprint density at radius 3 is 2.18 bits per heavy atom. The molecule has 0 saturated carbocycles. The number of hydrogen-bond donors (Lipinski definition) is 2. The normalized spacial score (nSPS) is 10.4. The molecule has 0 heterocycles. The van der Waals surface area contributed by atoms with Crippen LogP contribution in [-0.4, -0.2) is 10.8 Å². The Balaban J connectivity index is 1.94. The van der Waals surface area contributed by atoms with Crippen molar-refractivity contribution in [1.29, 1.82) is 0 Å². The molecule has 0 fully saturated rings. The molecule has 0 aromatic heterocycles. The van der Waals surface area contributed by atoms with Gasteiger partial charge in [0, 0.05) is 24.7 Å². The smallest absolute Gasteiger partial charge is 0.269 e. The number of non-ortho nitro benzene ring substituents is 1. The third kappa shape index (κ3) is 4.37. The number of hydrogen-bond acceptors (Lipinski definition) is 5. The third-order valence-corrected chi connectivity index (χ3v) is 2.61. The summed E-state index contributed by atoms with van der Waals surface area (Å²) in [7, 11) is 0. The van der Waals surface area contributed by atoms with E-state index in [0.29, 0.717) is 17.1 Å². The highest BCUT2D eigenvalue weighted by Crippen LogP contribution is 2.19. The summed E-state index contributed by atoms with van der Waals surface area (Å²) in [5.74, 6) is -0.140. The summed E-state index contributed by atoms with van der Waals surface area (Å²) in [6, 6.07) is 12.6. The number of nitrogens with zero attached hydrogens (tertiary/aromatic N) is 3. The van der Waals surface area contributed by atoms with E-state index in [4.69, 9.17) is 0 Å². The Labute approximate surface area is 126 Å². The molecule has 2 rings (SSSR count). The molecule has 2 aromatic rings. The lowest BCUT2D eigenvalue weighted by Gasteiger charge is -2.03. The molecule has 22 heavy (non-hydrogen) atoms. The van der Waals surface area contributed by atoms with Gasteiger partial charge in [0.05, 0.1) is 16.3 Å². The van der Waals surface area contributed by atoms with Crippen molar-refractivity contribution in [3.8, 4) is 0 Å². The van der Waals surface area contributed by atoms with Crippen LogP contribution in [0.4, 0.5) is 22.7 Å².